The number of phenolic OH excluding ortho intramolecular Hbond substituents is 1. The number of rotatable bonds is 2. The molecule has 1 aliphatic rings. The molecular weight excluding hydrogens is 271 g/mol. The standard InChI is InChI=1S/C13H20N2O.2ClH/c1-10-3-4-12(13(16)9-10)11(2)15-7-5-14-6-8-15;;/h3-4,9,11,14,16H,5-8H2,1-2H3;2*1H/t11-;;/m1../s1. The topological polar surface area (TPSA) is 35.5 Å². The molecule has 1 saturated heterocycles. The van der Waals surface area contributed by atoms with Gasteiger partial charge in [0.15, 0.2) is 0 Å². The Balaban J connectivity index is 0.00000144. The Morgan fingerprint density at radius 2 is 1.83 bits per heavy atom. The Morgan fingerprint density at radius 3 is 2.39 bits per heavy atom. The quantitative estimate of drug-likeness (QED) is 0.879. The Hall–Kier alpha value is -0.480. The molecule has 2 N–H and O–H groups in total. The van der Waals surface area contributed by atoms with Crippen LogP contribution in [0.2, 0.25) is 0 Å². The zero-order chi connectivity index (χ0) is 11.5. The van der Waals surface area contributed by atoms with Crippen LogP contribution >= 0.6 is 24.8 Å². The van der Waals surface area contributed by atoms with Crippen LogP contribution in [0, 0.1) is 6.92 Å². The van der Waals surface area contributed by atoms with Gasteiger partial charge in [-0.2, -0.15) is 0 Å². The molecule has 1 atom stereocenters. The number of nitrogens with zero attached hydrogens (tertiary/aromatic N) is 1. The summed E-state index contributed by atoms with van der Waals surface area (Å²) >= 11 is 0. The summed E-state index contributed by atoms with van der Waals surface area (Å²) in [5, 5.41) is 13.3. The van der Waals surface area contributed by atoms with Gasteiger partial charge in [0.05, 0.1) is 0 Å². The number of hydrogen-bond acceptors (Lipinski definition) is 3. The first-order valence-corrected chi connectivity index (χ1v) is 5.93. The van der Waals surface area contributed by atoms with Gasteiger partial charge in [0.2, 0.25) is 0 Å². The monoisotopic (exact) mass is 292 g/mol. The van der Waals surface area contributed by atoms with Crippen LogP contribution in [0.5, 0.6) is 5.75 Å². The molecule has 1 aromatic carbocycles. The molecule has 18 heavy (non-hydrogen) atoms. The van der Waals surface area contributed by atoms with Crippen molar-refractivity contribution < 1.29 is 5.11 Å². The van der Waals surface area contributed by atoms with E-state index in [1.54, 1.807) is 0 Å². The lowest BCUT2D eigenvalue weighted by atomic mass is 10.0. The molecule has 0 spiro atoms. The first-order valence-electron chi connectivity index (χ1n) is 5.93. The van der Waals surface area contributed by atoms with Crippen LogP contribution in [0.1, 0.15) is 24.1 Å². The second-order valence-corrected chi connectivity index (χ2v) is 4.52. The summed E-state index contributed by atoms with van der Waals surface area (Å²) in [4.78, 5) is 2.40. The smallest absolute Gasteiger partial charge is 0.120 e. The molecule has 0 aliphatic carbocycles. The number of halogens is 2. The summed E-state index contributed by atoms with van der Waals surface area (Å²) in [5.74, 6) is 0.422. The van der Waals surface area contributed by atoms with Crippen molar-refractivity contribution in [2.24, 2.45) is 0 Å². The highest BCUT2D eigenvalue weighted by atomic mass is 35.5. The van der Waals surface area contributed by atoms with E-state index in [1.165, 1.54) is 0 Å². The van der Waals surface area contributed by atoms with Gasteiger partial charge in [0, 0.05) is 37.8 Å². The molecule has 0 aromatic heterocycles. The fourth-order valence-corrected chi connectivity index (χ4v) is 2.27. The second kappa shape index (κ2) is 7.85. The molecule has 3 nitrogen and oxygen atoms in total. The molecule has 0 radical (unpaired) electrons. The highest BCUT2D eigenvalue weighted by Gasteiger charge is 2.19. The van der Waals surface area contributed by atoms with Crippen molar-refractivity contribution in [3.8, 4) is 5.75 Å². The number of piperazine rings is 1. The fourth-order valence-electron chi connectivity index (χ4n) is 2.27. The largest absolute Gasteiger partial charge is 0.508 e. The van der Waals surface area contributed by atoms with Crippen LogP contribution < -0.4 is 5.32 Å². The van der Waals surface area contributed by atoms with E-state index in [-0.39, 0.29) is 24.8 Å². The lowest BCUT2D eigenvalue weighted by Gasteiger charge is -2.33. The minimum Gasteiger partial charge on any atom is -0.508 e. The minimum absolute atomic E-state index is 0. The molecule has 1 heterocycles. The third-order valence-corrected chi connectivity index (χ3v) is 3.34. The van der Waals surface area contributed by atoms with Crippen molar-refractivity contribution in [2.75, 3.05) is 26.2 Å². The molecule has 104 valence electrons. The van der Waals surface area contributed by atoms with Gasteiger partial charge in [0.25, 0.3) is 0 Å². The zero-order valence-electron chi connectivity index (χ0n) is 10.8. The summed E-state index contributed by atoms with van der Waals surface area (Å²) in [6.45, 7) is 8.34. The van der Waals surface area contributed by atoms with Crippen LogP contribution in [0.15, 0.2) is 18.2 Å². The normalized spacial score (nSPS) is 17.4. The molecule has 1 fully saturated rings. The van der Waals surface area contributed by atoms with Gasteiger partial charge in [0.1, 0.15) is 5.75 Å². The molecule has 0 amide bonds. The van der Waals surface area contributed by atoms with Gasteiger partial charge >= 0.3 is 0 Å². The molecule has 1 aliphatic heterocycles. The van der Waals surface area contributed by atoms with E-state index >= 15 is 0 Å². The third-order valence-electron chi connectivity index (χ3n) is 3.34. The van der Waals surface area contributed by atoms with E-state index in [0.29, 0.717) is 11.8 Å². The predicted molar refractivity (Wildman–Crippen MR) is 80.2 cm³/mol. The molecule has 0 bridgehead atoms. The Bertz CT molecular complexity index is 368. The number of phenols is 1. The SMILES string of the molecule is Cc1ccc([C@@H](C)N2CCNCC2)c(O)c1.Cl.Cl. The van der Waals surface area contributed by atoms with Crippen molar-refractivity contribution in [3.05, 3.63) is 29.3 Å². The molecule has 1 aromatic rings. The highest BCUT2D eigenvalue weighted by Crippen LogP contribution is 2.29. The van der Waals surface area contributed by atoms with Gasteiger partial charge in [-0.25, -0.2) is 0 Å². The van der Waals surface area contributed by atoms with Gasteiger partial charge in [-0.15, -0.1) is 24.8 Å². The van der Waals surface area contributed by atoms with Crippen molar-refractivity contribution in [1.29, 1.82) is 0 Å². The lowest BCUT2D eigenvalue weighted by molar-refractivity contribution is 0.183. The average molecular weight is 293 g/mol. The summed E-state index contributed by atoms with van der Waals surface area (Å²) in [6, 6.07) is 6.24. The third kappa shape index (κ3) is 4.02. The van der Waals surface area contributed by atoms with Crippen LogP contribution in [0.25, 0.3) is 0 Å². The van der Waals surface area contributed by atoms with E-state index in [1.807, 2.05) is 19.1 Å². The van der Waals surface area contributed by atoms with E-state index in [2.05, 4.69) is 23.2 Å². The van der Waals surface area contributed by atoms with Crippen LogP contribution in [-0.2, 0) is 0 Å². The summed E-state index contributed by atoms with van der Waals surface area (Å²) in [6.07, 6.45) is 0. The summed E-state index contributed by atoms with van der Waals surface area (Å²) < 4.78 is 0. The van der Waals surface area contributed by atoms with E-state index in [4.69, 9.17) is 0 Å². The fraction of sp³-hybridized carbons (Fsp3) is 0.538. The van der Waals surface area contributed by atoms with Gasteiger partial charge in [-0.1, -0.05) is 12.1 Å². The second-order valence-electron chi connectivity index (χ2n) is 4.52. The summed E-state index contributed by atoms with van der Waals surface area (Å²) in [5.41, 5.74) is 2.14. The highest BCUT2D eigenvalue weighted by molar-refractivity contribution is 5.85. The van der Waals surface area contributed by atoms with E-state index < -0.39 is 0 Å². The van der Waals surface area contributed by atoms with Crippen molar-refractivity contribution >= 4 is 24.8 Å². The lowest BCUT2D eigenvalue weighted by Crippen LogP contribution is -2.44. The van der Waals surface area contributed by atoms with Crippen LogP contribution in [0.4, 0.5) is 0 Å². The first-order chi connectivity index (χ1) is 7.68. The number of nitrogens with one attached hydrogen (secondary N) is 1. The molecule has 5 heteroatoms. The maximum absolute atomic E-state index is 9.95. The molecular formula is C13H22Cl2N2O. The molecule has 2 rings (SSSR count). The molecule has 0 saturated carbocycles. The Morgan fingerprint density at radius 1 is 1.22 bits per heavy atom. The number of hydrogen-bond donors (Lipinski definition) is 2. The number of benzene rings is 1. The Labute approximate surface area is 121 Å². The van der Waals surface area contributed by atoms with Gasteiger partial charge < -0.3 is 10.4 Å². The van der Waals surface area contributed by atoms with Crippen LogP contribution in [0.3, 0.4) is 0 Å². The zero-order valence-corrected chi connectivity index (χ0v) is 12.5. The Kier molecular flexibility index (Phi) is 7.64. The number of aromatic hydroxyl groups is 1. The van der Waals surface area contributed by atoms with Gasteiger partial charge in [-0.05, 0) is 25.5 Å². The van der Waals surface area contributed by atoms with E-state index in [0.717, 1.165) is 37.3 Å². The van der Waals surface area contributed by atoms with Gasteiger partial charge in [-0.3, -0.25) is 4.90 Å². The minimum atomic E-state index is 0. The maximum atomic E-state index is 9.95. The predicted octanol–water partition coefficient (Wildman–Crippen LogP) is 2.51. The van der Waals surface area contributed by atoms with Crippen molar-refractivity contribution in [3.63, 3.8) is 0 Å². The van der Waals surface area contributed by atoms with Crippen molar-refractivity contribution in [2.45, 2.75) is 19.9 Å². The maximum Gasteiger partial charge on any atom is 0.120 e. The molecule has 0 unspecified atom stereocenters. The average Bonchev–Trinajstić information content (AvgIpc) is 2.29. The van der Waals surface area contributed by atoms with E-state index in [9.17, 15) is 5.11 Å². The van der Waals surface area contributed by atoms with Crippen molar-refractivity contribution in [1.82, 2.24) is 10.2 Å². The first kappa shape index (κ1) is 17.5. The number of aryl methyl sites for hydroxylation is 1. The van der Waals surface area contributed by atoms with Crippen LogP contribution in [-0.4, -0.2) is 36.2 Å². The summed E-state index contributed by atoms with van der Waals surface area (Å²) in [7, 11) is 0.